The molecule has 0 amide bonds. The highest BCUT2D eigenvalue weighted by molar-refractivity contribution is 6.30. The van der Waals surface area contributed by atoms with E-state index in [0.717, 1.165) is 17.1 Å². The van der Waals surface area contributed by atoms with E-state index in [4.69, 9.17) is 11.6 Å². The van der Waals surface area contributed by atoms with Crippen molar-refractivity contribution >= 4 is 30.2 Å². The summed E-state index contributed by atoms with van der Waals surface area (Å²) in [6.07, 6.45) is 1.91. The van der Waals surface area contributed by atoms with Crippen LogP contribution >= 0.6 is 24.0 Å². The van der Waals surface area contributed by atoms with Crippen molar-refractivity contribution in [3.8, 4) is 0 Å². The summed E-state index contributed by atoms with van der Waals surface area (Å²) in [7, 11) is 0. The Kier molecular flexibility index (Phi) is 3.23. The SMILES string of the molecule is CC1(C)CN=Cc2cc(Cl)ccc21.Cl. The molecule has 0 aliphatic carbocycles. The standard InChI is InChI=1S/C11H12ClN.ClH/c1-11(2)7-13-6-8-5-9(12)3-4-10(8)11;/h3-6H,7H2,1-2H3;1H. The Labute approximate surface area is 95.6 Å². The van der Waals surface area contributed by atoms with Crippen molar-refractivity contribution in [2.75, 3.05) is 6.54 Å². The van der Waals surface area contributed by atoms with Crippen molar-refractivity contribution in [1.29, 1.82) is 0 Å². The molecule has 1 aliphatic rings. The quantitative estimate of drug-likeness (QED) is 0.647. The molecule has 0 aromatic heterocycles. The Balaban J connectivity index is 0.000000980. The Morgan fingerprint density at radius 3 is 2.79 bits per heavy atom. The third-order valence-electron chi connectivity index (χ3n) is 2.46. The topological polar surface area (TPSA) is 12.4 Å². The molecule has 0 saturated heterocycles. The van der Waals surface area contributed by atoms with Crippen LogP contribution in [-0.4, -0.2) is 12.8 Å². The molecule has 0 saturated carbocycles. The number of nitrogens with zero attached hydrogens (tertiary/aromatic N) is 1. The lowest BCUT2D eigenvalue weighted by molar-refractivity contribution is 0.534. The van der Waals surface area contributed by atoms with E-state index in [0.29, 0.717) is 0 Å². The molecule has 76 valence electrons. The predicted molar refractivity (Wildman–Crippen MR) is 64.2 cm³/mol. The monoisotopic (exact) mass is 229 g/mol. The number of rotatable bonds is 0. The molecule has 14 heavy (non-hydrogen) atoms. The largest absolute Gasteiger partial charge is 0.292 e. The highest BCUT2D eigenvalue weighted by Gasteiger charge is 2.25. The van der Waals surface area contributed by atoms with Gasteiger partial charge in [-0.1, -0.05) is 31.5 Å². The highest BCUT2D eigenvalue weighted by atomic mass is 35.5. The average molecular weight is 230 g/mol. The Morgan fingerprint density at radius 1 is 1.36 bits per heavy atom. The van der Waals surface area contributed by atoms with Gasteiger partial charge in [0.15, 0.2) is 0 Å². The van der Waals surface area contributed by atoms with Crippen molar-refractivity contribution in [3.63, 3.8) is 0 Å². The molecule has 2 rings (SSSR count). The normalized spacial score (nSPS) is 17.1. The van der Waals surface area contributed by atoms with Crippen LogP contribution in [0.3, 0.4) is 0 Å². The number of fused-ring (bicyclic) bond motifs is 1. The smallest absolute Gasteiger partial charge is 0.0481 e. The molecular weight excluding hydrogens is 217 g/mol. The minimum atomic E-state index is 0. The Hall–Kier alpha value is -0.530. The number of hydrogen-bond donors (Lipinski definition) is 0. The summed E-state index contributed by atoms with van der Waals surface area (Å²) < 4.78 is 0. The van der Waals surface area contributed by atoms with Crippen molar-refractivity contribution in [3.05, 3.63) is 34.3 Å². The van der Waals surface area contributed by atoms with Crippen LogP contribution < -0.4 is 0 Å². The zero-order valence-corrected chi connectivity index (χ0v) is 9.82. The summed E-state index contributed by atoms with van der Waals surface area (Å²) in [6.45, 7) is 5.27. The van der Waals surface area contributed by atoms with Crippen LogP contribution in [0.15, 0.2) is 23.2 Å². The zero-order chi connectivity index (χ0) is 9.47. The van der Waals surface area contributed by atoms with Gasteiger partial charge < -0.3 is 0 Å². The second-order valence-corrected chi connectivity index (χ2v) is 4.52. The molecule has 0 fully saturated rings. The van der Waals surface area contributed by atoms with Crippen LogP contribution in [-0.2, 0) is 5.41 Å². The average Bonchev–Trinajstić information content (AvgIpc) is 2.02. The van der Waals surface area contributed by atoms with Crippen LogP contribution in [0.2, 0.25) is 5.02 Å². The molecule has 1 nitrogen and oxygen atoms in total. The van der Waals surface area contributed by atoms with E-state index in [-0.39, 0.29) is 17.8 Å². The molecule has 0 radical (unpaired) electrons. The maximum absolute atomic E-state index is 5.91. The summed E-state index contributed by atoms with van der Waals surface area (Å²) in [5.74, 6) is 0. The first-order valence-corrected chi connectivity index (χ1v) is 4.77. The van der Waals surface area contributed by atoms with E-state index in [1.807, 2.05) is 18.3 Å². The van der Waals surface area contributed by atoms with Crippen LogP contribution in [0.25, 0.3) is 0 Å². The molecule has 0 atom stereocenters. The van der Waals surface area contributed by atoms with Gasteiger partial charge in [-0.05, 0) is 23.3 Å². The second-order valence-electron chi connectivity index (χ2n) is 4.09. The van der Waals surface area contributed by atoms with Gasteiger partial charge in [-0.3, -0.25) is 4.99 Å². The van der Waals surface area contributed by atoms with Crippen LogP contribution in [0, 0.1) is 0 Å². The number of benzene rings is 1. The van der Waals surface area contributed by atoms with Gasteiger partial charge in [0, 0.05) is 23.2 Å². The van der Waals surface area contributed by atoms with Gasteiger partial charge in [-0.25, -0.2) is 0 Å². The molecular formula is C11H13Cl2N. The molecule has 3 heteroatoms. The maximum atomic E-state index is 5.91. The molecule has 1 aromatic carbocycles. The van der Waals surface area contributed by atoms with Gasteiger partial charge in [-0.2, -0.15) is 0 Å². The number of halogens is 2. The second kappa shape index (κ2) is 3.92. The van der Waals surface area contributed by atoms with Crippen LogP contribution in [0.1, 0.15) is 25.0 Å². The summed E-state index contributed by atoms with van der Waals surface area (Å²) in [5.41, 5.74) is 2.64. The van der Waals surface area contributed by atoms with Gasteiger partial charge in [-0.15, -0.1) is 12.4 Å². The van der Waals surface area contributed by atoms with E-state index in [1.54, 1.807) is 0 Å². The fourth-order valence-corrected chi connectivity index (χ4v) is 1.89. The zero-order valence-electron chi connectivity index (χ0n) is 8.25. The van der Waals surface area contributed by atoms with Gasteiger partial charge in [0.05, 0.1) is 0 Å². The lowest BCUT2D eigenvalue weighted by Crippen LogP contribution is -2.26. The van der Waals surface area contributed by atoms with Gasteiger partial charge in [0.1, 0.15) is 0 Å². The van der Waals surface area contributed by atoms with Crippen molar-refractivity contribution in [2.45, 2.75) is 19.3 Å². The minimum Gasteiger partial charge on any atom is -0.292 e. The van der Waals surface area contributed by atoms with Gasteiger partial charge in [0.2, 0.25) is 0 Å². The van der Waals surface area contributed by atoms with Gasteiger partial charge >= 0.3 is 0 Å². The molecule has 1 aromatic rings. The minimum absolute atomic E-state index is 0. The van der Waals surface area contributed by atoms with Crippen LogP contribution in [0.4, 0.5) is 0 Å². The summed E-state index contributed by atoms with van der Waals surface area (Å²) >= 11 is 5.91. The fraction of sp³-hybridized carbons (Fsp3) is 0.364. The first kappa shape index (κ1) is 11.5. The van der Waals surface area contributed by atoms with E-state index < -0.39 is 0 Å². The Bertz CT molecular complexity index is 370. The lowest BCUT2D eigenvalue weighted by Gasteiger charge is -2.28. The molecule has 0 N–H and O–H groups in total. The van der Waals surface area contributed by atoms with Crippen molar-refractivity contribution < 1.29 is 0 Å². The van der Waals surface area contributed by atoms with Gasteiger partial charge in [0.25, 0.3) is 0 Å². The van der Waals surface area contributed by atoms with E-state index in [1.165, 1.54) is 5.56 Å². The van der Waals surface area contributed by atoms with E-state index >= 15 is 0 Å². The first-order chi connectivity index (χ1) is 6.09. The number of aliphatic imine (C=N–C) groups is 1. The highest BCUT2D eigenvalue weighted by Crippen LogP contribution is 2.30. The van der Waals surface area contributed by atoms with Crippen molar-refractivity contribution in [1.82, 2.24) is 0 Å². The third kappa shape index (κ3) is 1.94. The predicted octanol–water partition coefficient (Wildman–Crippen LogP) is 3.47. The molecule has 1 aliphatic heterocycles. The fourth-order valence-electron chi connectivity index (χ4n) is 1.71. The summed E-state index contributed by atoms with van der Waals surface area (Å²) in [4.78, 5) is 4.33. The Morgan fingerprint density at radius 2 is 2.07 bits per heavy atom. The molecule has 0 bridgehead atoms. The van der Waals surface area contributed by atoms with E-state index in [2.05, 4.69) is 24.9 Å². The molecule has 1 heterocycles. The van der Waals surface area contributed by atoms with Crippen LogP contribution in [0.5, 0.6) is 0 Å². The third-order valence-corrected chi connectivity index (χ3v) is 2.69. The first-order valence-electron chi connectivity index (χ1n) is 4.39. The maximum Gasteiger partial charge on any atom is 0.0481 e. The summed E-state index contributed by atoms with van der Waals surface area (Å²) in [6, 6.07) is 6.02. The van der Waals surface area contributed by atoms with Crippen molar-refractivity contribution in [2.24, 2.45) is 4.99 Å². The number of hydrogen-bond acceptors (Lipinski definition) is 1. The summed E-state index contributed by atoms with van der Waals surface area (Å²) in [5, 5.41) is 0.780. The molecule has 0 unspecified atom stereocenters. The van der Waals surface area contributed by atoms with E-state index in [9.17, 15) is 0 Å². The molecule has 0 spiro atoms. The lowest BCUT2D eigenvalue weighted by atomic mass is 9.80.